The predicted octanol–water partition coefficient (Wildman–Crippen LogP) is 3.64. The zero-order valence-electron chi connectivity index (χ0n) is 11.1. The molecule has 0 aliphatic rings. The highest BCUT2D eigenvalue weighted by atomic mass is 16.5. The molecule has 0 amide bonds. The summed E-state index contributed by atoms with van der Waals surface area (Å²) in [7, 11) is 0. The van der Waals surface area contributed by atoms with E-state index in [0.29, 0.717) is 6.61 Å². The van der Waals surface area contributed by atoms with Crippen LogP contribution in [-0.2, 0) is 6.61 Å². The lowest BCUT2D eigenvalue weighted by molar-refractivity contribution is 0.306. The first kappa shape index (κ1) is 12.4. The number of nitrogens with two attached hydrogens (primary N) is 1. The molecule has 0 fully saturated rings. The topological polar surface area (TPSA) is 40.2 Å². The lowest BCUT2D eigenvalue weighted by atomic mass is 10.2. The van der Waals surface area contributed by atoms with Crippen LogP contribution in [0.1, 0.15) is 5.56 Å². The van der Waals surface area contributed by atoms with Gasteiger partial charge in [0.1, 0.15) is 12.4 Å². The number of hydrogen-bond acceptors (Lipinski definition) is 2. The maximum Gasteiger partial charge on any atom is 0.122 e. The van der Waals surface area contributed by atoms with E-state index in [1.54, 1.807) is 0 Å². The summed E-state index contributed by atoms with van der Waals surface area (Å²) in [5.41, 5.74) is 8.82. The molecule has 0 bridgehead atoms. The van der Waals surface area contributed by atoms with Gasteiger partial charge in [-0.3, -0.25) is 0 Å². The van der Waals surface area contributed by atoms with E-state index < -0.39 is 0 Å². The van der Waals surface area contributed by atoms with E-state index in [9.17, 15) is 0 Å². The van der Waals surface area contributed by atoms with Crippen LogP contribution in [0.25, 0.3) is 5.69 Å². The number of aromatic nitrogens is 1. The van der Waals surface area contributed by atoms with Crippen LogP contribution in [0.5, 0.6) is 5.75 Å². The Morgan fingerprint density at radius 2 is 1.65 bits per heavy atom. The smallest absolute Gasteiger partial charge is 0.122 e. The molecule has 3 heteroatoms. The highest BCUT2D eigenvalue weighted by Crippen LogP contribution is 2.24. The van der Waals surface area contributed by atoms with Gasteiger partial charge in [0.2, 0.25) is 0 Å². The van der Waals surface area contributed by atoms with Gasteiger partial charge in [0.25, 0.3) is 0 Å². The molecule has 0 unspecified atom stereocenters. The Balaban J connectivity index is 1.79. The van der Waals surface area contributed by atoms with Gasteiger partial charge >= 0.3 is 0 Å². The number of anilines is 1. The van der Waals surface area contributed by atoms with Gasteiger partial charge in [0.15, 0.2) is 0 Å². The number of rotatable bonds is 4. The number of nitrogen functional groups attached to an aromatic ring is 1. The number of benzene rings is 2. The normalized spacial score (nSPS) is 10.4. The average molecular weight is 264 g/mol. The van der Waals surface area contributed by atoms with Crippen molar-refractivity contribution in [3.05, 3.63) is 78.6 Å². The van der Waals surface area contributed by atoms with E-state index >= 15 is 0 Å². The number of nitrogens with zero attached hydrogens (tertiary/aromatic N) is 1. The fourth-order valence-electron chi connectivity index (χ4n) is 2.07. The maximum absolute atomic E-state index is 6.01. The minimum Gasteiger partial charge on any atom is -0.489 e. The highest BCUT2D eigenvalue weighted by Gasteiger charge is 2.04. The van der Waals surface area contributed by atoms with Crippen molar-refractivity contribution < 1.29 is 4.74 Å². The van der Waals surface area contributed by atoms with Crippen LogP contribution in [-0.4, -0.2) is 4.57 Å². The molecule has 0 spiro atoms. The van der Waals surface area contributed by atoms with Gasteiger partial charge in [0.05, 0.1) is 11.4 Å². The molecule has 100 valence electrons. The van der Waals surface area contributed by atoms with Gasteiger partial charge in [-0.15, -0.1) is 0 Å². The van der Waals surface area contributed by atoms with E-state index in [0.717, 1.165) is 22.7 Å². The molecular weight excluding hydrogens is 248 g/mol. The molecule has 0 aliphatic carbocycles. The van der Waals surface area contributed by atoms with Crippen LogP contribution in [0.15, 0.2) is 73.1 Å². The summed E-state index contributed by atoms with van der Waals surface area (Å²) in [5.74, 6) is 0.812. The molecule has 0 atom stereocenters. The van der Waals surface area contributed by atoms with Crippen molar-refractivity contribution in [2.75, 3.05) is 5.73 Å². The fourth-order valence-corrected chi connectivity index (χ4v) is 2.07. The van der Waals surface area contributed by atoms with Gasteiger partial charge in [0, 0.05) is 18.5 Å². The lowest BCUT2D eigenvalue weighted by Crippen LogP contribution is -2.00. The second-order valence-corrected chi connectivity index (χ2v) is 4.59. The first-order valence-electron chi connectivity index (χ1n) is 6.52. The van der Waals surface area contributed by atoms with Crippen molar-refractivity contribution in [2.45, 2.75) is 6.61 Å². The zero-order chi connectivity index (χ0) is 13.8. The fraction of sp³-hybridized carbons (Fsp3) is 0.0588. The van der Waals surface area contributed by atoms with Gasteiger partial charge in [-0.2, -0.15) is 0 Å². The van der Waals surface area contributed by atoms with Crippen molar-refractivity contribution in [3.63, 3.8) is 0 Å². The van der Waals surface area contributed by atoms with Gasteiger partial charge in [-0.05, 0) is 29.8 Å². The molecule has 3 rings (SSSR count). The summed E-state index contributed by atoms with van der Waals surface area (Å²) >= 11 is 0. The third-order valence-electron chi connectivity index (χ3n) is 3.13. The SMILES string of the molecule is Nc1ccc(OCc2ccccc2)cc1-n1cccc1. The molecule has 1 aromatic heterocycles. The molecule has 1 heterocycles. The minimum absolute atomic E-state index is 0.551. The van der Waals surface area contributed by atoms with E-state index in [-0.39, 0.29) is 0 Å². The minimum atomic E-state index is 0.551. The number of ether oxygens (including phenoxy) is 1. The van der Waals surface area contributed by atoms with Crippen LogP contribution in [0.2, 0.25) is 0 Å². The Bertz CT molecular complexity index is 675. The summed E-state index contributed by atoms with van der Waals surface area (Å²) in [6.45, 7) is 0.551. The Hall–Kier alpha value is -2.68. The van der Waals surface area contributed by atoms with Crippen LogP contribution in [0.4, 0.5) is 5.69 Å². The summed E-state index contributed by atoms with van der Waals surface area (Å²) in [6, 6.07) is 19.8. The monoisotopic (exact) mass is 264 g/mol. The second-order valence-electron chi connectivity index (χ2n) is 4.59. The van der Waals surface area contributed by atoms with Crippen molar-refractivity contribution in [1.29, 1.82) is 0 Å². The first-order chi connectivity index (χ1) is 9.83. The van der Waals surface area contributed by atoms with Crippen LogP contribution in [0.3, 0.4) is 0 Å². The Labute approximate surface area is 118 Å². The molecule has 3 aromatic rings. The lowest BCUT2D eigenvalue weighted by Gasteiger charge is -2.11. The predicted molar refractivity (Wildman–Crippen MR) is 81.0 cm³/mol. The van der Waals surface area contributed by atoms with E-state index in [1.165, 1.54) is 0 Å². The summed E-state index contributed by atoms with van der Waals surface area (Å²) in [6.07, 6.45) is 3.93. The summed E-state index contributed by atoms with van der Waals surface area (Å²) < 4.78 is 7.79. The van der Waals surface area contributed by atoms with Crippen LogP contribution in [0, 0.1) is 0 Å². The third-order valence-corrected chi connectivity index (χ3v) is 3.13. The van der Waals surface area contributed by atoms with Crippen LogP contribution >= 0.6 is 0 Å². The molecule has 3 nitrogen and oxygen atoms in total. The van der Waals surface area contributed by atoms with Gasteiger partial charge in [-0.1, -0.05) is 30.3 Å². The molecule has 2 aromatic carbocycles. The Morgan fingerprint density at radius 3 is 2.40 bits per heavy atom. The van der Waals surface area contributed by atoms with E-state index in [2.05, 4.69) is 0 Å². The van der Waals surface area contributed by atoms with Crippen LogP contribution < -0.4 is 10.5 Å². The summed E-state index contributed by atoms with van der Waals surface area (Å²) in [4.78, 5) is 0. The van der Waals surface area contributed by atoms with Crippen molar-refractivity contribution in [1.82, 2.24) is 4.57 Å². The quantitative estimate of drug-likeness (QED) is 0.731. The zero-order valence-corrected chi connectivity index (χ0v) is 11.1. The van der Waals surface area contributed by atoms with E-state index in [4.69, 9.17) is 10.5 Å². The maximum atomic E-state index is 6.01. The van der Waals surface area contributed by atoms with Crippen molar-refractivity contribution in [2.24, 2.45) is 0 Å². The van der Waals surface area contributed by atoms with Gasteiger partial charge < -0.3 is 15.0 Å². The largest absolute Gasteiger partial charge is 0.489 e. The summed E-state index contributed by atoms with van der Waals surface area (Å²) in [5, 5.41) is 0. The standard InChI is InChI=1S/C17H16N2O/c18-16-9-8-15(12-17(16)19-10-4-5-11-19)20-13-14-6-2-1-3-7-14/h1-12H,13,18H2. The Kier molecular flexibility index (Phi) is 3.42. The third kappa shape index (κ3) is 2.67. The molecule has 20 heavy (non-hydrogen) atoms. The highest BCUT2D eigenvalue weighted by molar-refractivity contribution is 5.60. The second kappa shape index (κ2) is 5.53. The molecule has 0 saturated carbocycles. The number of hydrogen-bond donors (Lipinski definition) is 1. The first-order valence-corrected chi connectivity index (χ1v) is 6.52. The van der Waals surface area contributed by atoms with Crippen molar-refractivity contribution in [3.8, 4) is 11.4 Å². The molecular formula is C17H16N2O. The van der Waals surface area contributed by atoms with Crippen molar-refractivity contribution >= 4 is 5.69 Å². The molecule has 2 N–H and O–H groups in total. The molecule has 0 radical (unpaired) electrons. The van der Waals surface area contributed by atoms with E-state index in [1.807, 2.05) is 77.6 Å². The Morgan fingerprint density at radius 1 is 0.900 bits per heavy atom. The molecule has 0 aliphatic heterocycles. The van der Waals surface area contributed by atoms with Gasteiger partial charge in [-0.25, -0.2) is 0 Å². The average Bonchev–Trinajstić information content (AvgIpc) is 3.01. The molecule has 0 saturated heterocycles.